The van der Waals surface area contributed by atoms with Gasteiger partial charge in [-0.25, -0.2) is 4.39 Å². The average molecular weight is 398 g/mol. The Morgan fingerprint density at radius 3 is 2.71 bits per heavy atom. The van der Waals surface area contributed by atoms with Crippen molar-refractivity contribution in [2.75, 3.05) is 18.4 Å². The van der Waals surface area contributed by atoms with Crippen molar-refractivity contribution in [2.24, 2.45) is 0 Å². The number of likely N-dealkylation sites (tertiary alicyclic amines) is 1. The maximum absolute atomic E-state index is 14.1. The molecule has 1 amide bonds. The van der Waals surface area contributed by atoms with Crippen molar-refractivity contribution in [3.05, 3.63) is 70.6 Å². The van der Waals surface area contributed by atoms with Crippen molar-refractivity contribution in [3.63, 3.8) is 0 Å². The van der Waals surface area contributed by atoms with Gasteiger partial charge >= 0.3 is 0 Å². The van der Waals surface area contributed by atoms with E-state index in [2.05, 4.69) is 10.3 Å². The molecule has 1 saturated heterocycles. The Kier molecular flexibility index (Phi) is 5.44. The summed E-state index contributed by atoms with van der Waals surface area (Å²) in [6.45, 7) is 1.76. The fourth-order valence-corrected chi connectivity index (χ4v) is 3.78. The third-order valence-electron chi connectivity index (χ3n) is 5.12. The number of anilines is 1. The van der Waals surface area contributed by atoms with Crippen LogP contribution in [-0.2, 0) is 6.54 Å². The van der Waals surface area contributed by atoms with E-state index in [4.69, 9.17) is 11.6 Å². The molecule has 1 aliphatic rings. The molecule has 0 saturated carbocycles. The van der Waals surface area contributed by atoms with Gasteiger partial charge in [-0.1, -0.05) is 29.8 Å². The number of carbonyl (C=O) groups is 1. The third kappa shape index (κ3) is 3.80. The second-order valence-electron chi connectivity index (χ2n) is 7.01. The summed E-state index contributed by atoms with van der Waals surface area (Å²) < 4.78 is 14.1. The Bertz CT molecular complexity index is 1020. The zero-order valence-corrected chi connectivity index (χ0v) is 16.2. The lowest BCUT2D eigenvalue weighted by Gasteiger charge is -2.27. The highest BCUT2D eigenvalue weighted by Gasteiger charge is 2.23. The molecule has 144 valence electrons. The number of fused-ring (bicyclic) bond motifs is 1. The first-order chi connectivity index (χ1) is 13.6. The molecule has 2 heterocycles. The van der Waals surface area contributed by atoms with Crippen molar-refractivity contribution in [3.8, 4) is 0 Å². The lowest BCUT2D eigenvalue weighted by atomic mass is 10.1. The number of rotatable bonds is 4. The van der Waals surface area contributed by atoms with E-state index in [1.54, 1.807) is 36.5 Å². The number of pyridine rings is 1. The third-order valence-corrected chi connectivity index (χ3v) is 5.35. The van der Waals surface area contributed by atoms with Crippen molar-refractivity contribution in [1.29, 1.82) is 0 Å². The molecule has 0 bridgehead atoms. The molecule has 0 aliphatic carbocycles. The second kappa shape index (κ2) is 8.15. The van der Waals surface area contributed by atoms with Crippen LogP contribution in [-0.4, -0.2) is 28.9 Å². The summed E-state index contributed by atoms with van der Waals surface area (Å²) in [4.78, 5) is 19.5. The summed E-state index contributed by atoms with van der Waals surface area (Å²) in [6.07, 6.45) is 4.78. The van der Waals surface area contributed by atoms with Crippen LogP contribution in [0.3, 0.4) is 0 Å². The number of amides is 1. The van der Waals surface area contributed by atoms with Crippen LogP contribution >= 0.6 is 11.6 Å². The lowest BCUT2D eigenvalue weighted by molar-refractivity contribution is 0.0725. The molecule has 0 radical (unpaired) electrons. The molecule has 1 aromatic heterocycles. The normalized spacial score (nSPS) is 14.3. The summed E-state index contributed by atoms with van der Waals surface area (Å²) in [5.74, 6) is -0.333. The van der Waals surface area contributed by atoms with Crippen molar-refractivity contribution in [1.82, 2.24) is 9.88 Å². The van der Waals surface area contributed by atoms with Gasteiger partial charge in [-0.15, -0.1) is 0 Å². The lowest BCUT2D eigenvalue weighted by Crippen LogP contribution is -2.36. The molecule has 1 fully saturated rings. The number of nitrogens with one attached hydrogen (secondary N) is 1. The van der Waals surface area contributed by atoms with Crippen LogP contribution in [0.25, 0.3) is 10.9 Å². The van der Waals surface area contributed by atoms with Crippen LogP contribution in [0.1, 0.15) is 35.2 Å². The zero-order valence-electron chi connectivity index (χ0n) is 15.4. The van der Waals surface area contributed by atoms with E-state index in [1.165, 1.54) is 6.07 Å². The summed E-state index contributed by atoms with van der Waals surface area (Å²) in [5, 5.41) is 4.59. The molecule has 28 heavy (non-hydrogen) atoms. The quantitative estimate of drug-likeness (QED) is 0.652. The molecule has 6 heteroatoms. The molecule has 0 spiro atoms. The van der Waals surface area contributed by atoms with Gasteiger partial charge in [0.05, 0.1) is 16.8 Å². The van der Waals surface area contributed by atoms with E-state index >= 15 is 0 Å². The first-order valence-corrected chi connectivity index (χ1v) is 9.86. The smallest absolute Gasteiger partial charge is 0.257 e. The van der Waals surface area contributed by atoms with E-state index in [0.717, 1.165) is 43.3 Å². The molecule has 0 atom stereocenters. The Hall–Kier alpha value is -2.66. The number of carbonyl (C=O) groups excluding carboxylic acids is 1. The van der Waals surface area contributed by atoms with E-state index in [-0.39, 0.29) is 18.3 Å². The van der Waals surface area contributed by atoms with Crippen LogP contribution < -0.4 is 5.32 Å². The van der Waals surface area contributed by atoms with Gasteiger partial charge in [0, 0.05) is 41.8 Å². The fourth-order valence-electron chi connectivity index (χ4n) is 3.61. The number of nitrogens with zero attached hydrogens (tertiary/aromatic N) is 2. The Balaban J connectivity index is 1.74. The van der Waals surface area contributed by atoms with Gasteiger partial charge in [-0.3, -0.25) is 9.78 Å². The van der Waals surface area contributed by atoms with E-state index in [1.807, 2.05) is 11.0 Å². The molecule has 4 rings (SSSR count). The van der Waals surface area contributed by atoms with Gasteiger partial charge in [0.15, 0.2) is 0 Å². The Morgan fingerprint density at radius 1 is 1.14 bits per heavy atom. The van der Waals surface area contributed by atoms with E-state index < -0.39 is 0 Å². The molecule has 1 N–H and O–H groups in total. The minimum atomic E-state index is -0.282. The van der Waals surface area contributed by atoms with Gasteiger partial charge < -0.3 is 10.2 Å². The first-order valence-electron chi connectivity index (χ1n) is 9.48. The highest BCUT2D eigenvalue weighted by atomic mass is 35.5. The predicted molar refractivity (Wildman–Crippen MR) is 110 cm³/mol. The number of halogens is 2. The van der Waals surface area contributed by atoms with Crippen LogP contribution in [0.2, 0.25) is 5.02 Å². The molecule has 2 aromatic carbocycles. The van der Waals surface area contributed by atoms with Gasteiger partial charge in [0.2, 0.25) is 0 Å². The van der Waals surface area contributed by atoms with E-state index in [0.29, 0.717) is 21.8 Å². The largest absolute Gasteiger partial charge is 0.380 e. The Morgan fingerprint density at radius 2 is 1.93 bits per heavy atom. The van der Waals surface area contributed by atoms with Crippen LogP contribution in [0.4, 0.5) is 10.1 Å². The van der Waals surface area contributed by atoms with Crippen LogP contribution in [0.15, 0.2) is 48.7 Å². The summed E-state index contributed by atoms with van der Waals surface area (Å²) in [5.41, 5.74) is 2.40. The standard InChI is InChI=1S/C22H21ClFN3O/c23-16-8-9-20-17(12-16)21(26-13-15-6-2-3-7-19(15)24)18(14-25-20)22(28)27-10-4-1-5-11-27/h2-3,6-9,12,14H,1,4-5,10-11,13H2,(H,25,26). The predicted octanol–water partition coefficient (Wildman–Crippen LogP) is 5.27. The molecule has 3 aromatic rings. The van der Waals surface area contributed by atoms with Gasteiger partial charge in [-0.05, 0) is 43.5 Å². The minimum absolute atomic E-state index is 0.0508. The van der Waals surface area contributed by atoms with Gasteiger partial charge in [0.1, 0.15) is 5.82 Å². The molecular formula is C22H21ClFN3O. The number of hydrogen-bond acceptors (Lipinski definition) is 3. The van der Waals surface area contributed by atoms with Crippen molar-refractivity contribution >= 4 is 34.1 Å². The first kappa shape index (κ1) is 18.7. The maximum Gasteiger partial charge on any atom is 0.257 e. The molecule has 0 unspecified atom stereocenters. The number of piperidine rings is 1. The SMILES string of the molecule is O=C(c1cnc2ccc(Cl)cc2c1NCc1ccccc1F)N1CCCCC1. The van der Waals surface area contributed by atoms with Gasteiger partial charge in [-0.2, -0.15) is 0 Å². The topological polar surface area (TPSA) is 45.2 Å². The summed E-state index contributed by atoms with van der Waals surface area (Å²) in [7, 11) is 0. The van der Waals surface area contributed by atoms with Crippen molar-refractivity contribution in [2.45, 2.75) is 25.8 Å². The second-order valence-corrected chi connectivity index (χ2v) is 7.44. The summed E-state index contributed by atoms with van der Waals surface area (Å²) >= 11 is 6.20. The number of benzene rings is 2. The van der Waals surface area contributed by atoms with Crippen molar-refractivity contribution < 1.29 is 9.18 Å². The maximum atomic E-state index is 14.1. The van der Waals surface area contributed by atoms with Crippen LogP contribution in [0.5, 0.6) is 0 Å². The molecule has 4 nitrogen and oxygen atoms in total. The fraction of sp³-hybridized carbons (Fsp3) is 0.273. The molecule has 1 aliphatic heterocycles. The highest BCUT2D eigenvalue weighted by Crippen LogP contribution is 2.30. The van der Waals surface area contributed by atoms with Crippen LogP contribution in [0, 0.1) is 5.82 Å². The zero-order chi connectivity index (χ0) is 19.5. The monoisotopic (exact) mass is 397 g/mol. The van der Waals surface area contributed by atoms with E-state index in [9.17, 15) is 9.18 Å². The molecular weight excluding hydrogens is 377 g/mol. The highest BCUT2D eigenvalue weighted by molar-refractivity contribution is 6.31. The number of hydrogen-bond donors (Lipinski definition) is 1. The minimum Gasteiger partial charge on any atom is -0.380 e. The average Bonchev–Trinajstić information content (AvgIpc) is 2.73. The number of aromatic nitrogens is 1. The van der Waals surface area contributed by atoms with Gasteiger partial charge in [0.25, 0.3) is 5.91 Å². The Labute approximate surface area is 168 Å². The summed E-state index contributed by atoms with van der Waals surface area (Å²) in [6, 6.07) is 12.0.